The summed E-state index contributed by atoms with van der Waals surface area (Å²) in [6, 6.07) is 0. The zero-order valence-corrected chi connectivity index (χ0v) is 7.81. The maximum Gasteiger partial charge on any atom is 0.349 e. The fourth-order valence-corrected chi connectivity index (χ4v) is 1.02. The number of H-pyrrole nitrogens is 1. The summed E-state index contributed by atoms with van der Waals surface area (Å²) in [6.45, 7) is 8.43. The van der Waals surface area contributed by atoms with Crippen LogP contribution in [0.5, 0.6) is 0 Å². The zero-order chi connectivity index (χ0) is 10.4. The van der Waals surface area contributed by atoms with Crippen molar-refractivity contribution in [2.75, 3.05) is 18.0 Å². The molecule has 0 aromatic carbocycles. The average molecular weight is 192 g/mol. The Morgan fingerprint density at radius 2 is 2.00 bits per heavy atom. The minimum Gasteiger partial charge on any atom is -0.335 e. The molecule has 1 heterocycles. The number of aromatic amines is 1. The van der Waals surface area contributed by atoms with Crippen LogP contribution in [0.15, 0.2) is 36.4 Å². The van der Waals surface area contributed by atoms with Crippen LogP contribution in [0.25, 0.3) is 0 Å². The van der Waals surface area contributed by atoms with E-state index >= 15 is 0 Å². The number of nitrogens with one attached hydrogen (secondary N) is 1. The van der Waals surface area contributed by atoms with E-state index in [0.717, 1.165) is 0 Å². The van der Waals surface area contributed by atoms with Crippen LogP contribution in [-0.2, 0) is 0 Å². The van der Waals surface area contributed by atoms with Crippen LogP contribution in [-0.4, -0.2) is 28.0 Å². The van der Waals surface area contributed by atoms with Crippen molar-refractivity contribution >= 4 is 5.95 Å². The van der Waals surface area contributed by atoms with Crippen molar-refractivity contribution in [2.45, 2.75) is 0 Å². The van der Waals surface area contributed by atoms with E-state index in [1.54, 1.807) is 12.2 Å². The summed E-state index contributed by atoms with van der Waals surface area (Å²) in [6.07, 6.45) is 4.68. The SMILES string of the molecule is C=CCN(CC=C)c1ncnc(=O)[nH]1. The molecule has 0 saturated heterocycles. The van der Waals surface area contributed by atoms with Gasteiger partial charge in [0.2, 0.25) is 5.95 Å². The molecular formula is C9H12N4O. The first kappa shape index (κ1) is 10.2. The van der Waals surface area contributed by atoms with E-state index in [2.05, 4.69) is 28.1 Å². The van der Waals surface area contributed by atoms with Crippen LogP contribution >= 0.6 is 0 Å². The number of aromatic nitrogens is 3. The standard InChI is InChI=1S/C9H12N4O/c1-3-5-13(6-4-2)8-10-7-11-9(14)12-8/h3-4,7H,1-2,5-6H2,(H,10,11,12,14). The molecule has 0 aliphatic heterocycles. The molecule has 0 atom stereocenters. The van der Waals surface area contributed by atoms with Crippen molar-refractivity contribution in [3.05, 3.63) is 42.1 Å². The molecule has 14 heavy (non-hydrogen) atoms. The van der Waals surface area contributed by atoms with Gasteiger partial charge in [-0.05, 0) is 0 Å². The molecule has 1 N–H and O–H groups in total. The van der Waals surface area contributed by atoms with Gasteiger partial charge in [0.15, 0.2) is 0 Å². The Balaban J connectivity index is 2.91. The first-order valence-corrected chi connectivity index (χ1v) is 4.16. The lowest BCUT2D eigenvalue weighted by atomic mass is 10.5. The molecule has 1 aromatic heterocycles. The van der Waals surface area contributed by atoms with Gasteiger partial charge in [-0.3, -0.25) is 4.98 Å². The molecule has 0 aliphatic rings. The number of hydrogen-bond acceptors (Lipinski definition) is 4. The molecule has 0 unspecified atom stereocenters. The van der Waals surface area contributed by atoms with Crippen LogP contribution in [0.2, 0.25) is 0 Å². The van der Waals surface area contributed by atoms with Crippen molar-refractivity contribution < 1.29 is 0 Å². The average Bonchev–Trinajstić information content (AvgIpc) is 2.17. The lowest BCUT2D eigenvalue weighted by Gasteiger charge is -2.18. The van der Waals surface area contributed by atoms with Crippen LogP contribution in [0.4, 0.5) is 5.95 Å². The first-order valence-electron chi connectivity index (χ1n) is 4.16. The van der Waals surface area contributed by atoms with Crippen molar-refractivity contribution in [1.29, 1.82) is 0 Å². The van der Waals surface area contributed by atoms with Gasteiger partial charge in [-0.25, -0.2) is 9.78 Å². The van der Waals surface area contributed by atoms with Gasteiger partial charge in [0, 0.05) is 13.1 Å². The molecular weight excluding hydrogens is 180 g/mol. The Morgan fingerprint density at radius 3 is 2.50 bits per heavy atom. The predicted octanol–water partition coefficient (Wildman–Crippen LogP) is 0.343. The highest BCUT2D eigenvalue weighted by Gasteiger charge is 2.04. The summed E-state index contributed by atoms with van der Waals surface area (Å²) < 4.78 is 0. The van der Waals surface area contributed by atoms with Gasteiger partial charge in [0.1, 0.15) is 6.33 Å². The maximum atomic E-state index is 10.9. The van der Waals surface area contributed by atoms with Gasteiger partial charge in [-0.15, -0.1) is 13.2 Å². The van der Waals surface area contributed by atoms with Crippen molar-refractivity contribution in [1.82, 2.24) is 15.0 Å². The molecule has 0 amide bonds. The molecule has 1 aromatic rings. The highest BCUT2D eigenvalue weighted by molar-refractivity contribution is 5.29. The lowest BCUT2D eigenvalue weighted by Crippen LogP contribution is -2.28. The topological polar surface area (TPSA) is 61.9 Å². The quantitative estimate of drug-likeness (QED) is 0.683. The first-order chi connectivity index (χ1) is 6.77. The van der Waals surface area contributed by atoms with Crippen LogP contribution < -0.4 is 10.6 Å². The van der Waals surface area contributed by atoms with E-state index in [9.17, 15) is 4.79 Å². The van der Waals surface area contributed by atoms with Crippen LogP contribution in [0.3, 0.4) is 0 Å². The summed E-state index contributed by atoms with van der Waals surface area (Å²) >= 11 is 0. The molecule has 74 valence electrons. The highest BCUT2D eigenvalue weighted by Crippen LogP contribution is 2.01. The fraction of sp³-hybridized carbons (Fsp3) is 0.222. The van der Waals surface area contributed by atoms with Crippen molar-refractivity contribution in [2.24, 2.45) is 0 Å². The second-order valence-corrected chi connectivity index (χ2v) is 2.61. The number of hydrogen-bond donors (Lipinski definition) is 1. The minimum atomic E-state index is -0.409. The van der Waals surface area contributed by atoms with Crippen molar-refractivity contribution in [3.8, 4) is 0 Å². The normalized spacial score (nSPS) is 9.43. The van der Waals surface area contributed by atoms with Gasteiger partial charge < -0.3 is 4.90 Å². The molecule has 0 bridgehead atoms. The lowest BCUT2D eigenvalue weighted by molar-refractivity contribution is 0.854. The van der Waals surface area contributed by atoms with Gasteiger partial charge in [0.05, 0.1) is 0 Å². The van der Waals surface area contributed by atoms with E-state index < -0.39 is 5.69 Å². The Kier molecular flexibility index (Phi) is 3.60. The molecule has 0 aliphatic carbocycles. The zero-order valence-electron chi connectivity index (χ0n) is 7.81. The second kappa shape index (κ2) is 4.96. The third kappa shape index (κ3) is 2.55. The van der Waals surface area contributed by atoms with Crippen molar-refractivity contribution in [3.63, 3.8) is 0 Å². The van der Waals surface area contributed by atoms with E-state index in [1.165, 1.54) is 6.33 Å². The van der Waals surface area contributed by atoms with Gasteiger partial charge in [-0.2, -0.15) is 4.98 Å². The third-order valence-electron chi connectivity index (χ3n) is 1.57. The predicted molar refractivity (Wildman–Crippen MR) is 55.3 cm³/mol. The molecule has 0 spiro atoms. The molecule has 5 nitrogen and oxygen atoms in total. The van der Waals surface area contributed by atoms with E-state index in [4.69, 9.17) is 0 Å². The van der Waals surface area contributed by atoms with E-state index in [-0.39, 0.29) is 0 Å². The monoisotopic (exact) mass is 192 g/mol. The molecule has 0 fully saturated rings. The summed E-state index contributed by atoms with van der Waals surface area (Å²) in [5, 5.41) is 0. The smallest absolute Gasteiger partial charge is 0.335 e. The van der Waals surface area contributed by atoms with Gasteiger partial charge in [-0.1, -0.05) is 12.2 Å². The number of rotatable bonds is 5. The Labute approximate surface area is 81.8 Å². The third-order valence-corrected chi connectivity index (χ3v) is 1.57. The molecule has 0 radical (unpaired) electrons. The van der Waals surface area contributed by atoms with Crippen LogP contribution in [0.1, 0.15) is 0 Å². The van der Waals surface area contributed by atoms with Gasteiger partial charge >= 0.3 is 5.69 Å². The Morgan fingerprint density at radius 1 is 1.36 bits per heavy atom. The summed E-state index contributed by atoms with van der Waals surface area (Å²) in [7, 11) is 0. The van der Waals surface area contributed by atoms with E-state index in [1.807, 2.05) is 4.90 Å². The fourth-order valence-electron chi connectivity index (χ4n) is 1.02. The largest absolute Gasteiger partial charge is 0.349 e. The highest BCUT2D eigenvalue weighted by atomic mass is 16.1. The number of nitrogens with zero attached hydrogens (tertiary/aromatic N) is 3. The summed E-state index contributed by atoms with van der Waals surface area (Å²) in [5.41, 5.74) is -0.409. The van der Waals surface area contributed by atoms with Crippen LogP contribution in [0, 0.1) is 0 Å². The molecule has 1 rings (SSSR count). The molecule has 0 saturated carbocycles. The number of anilines is 1. The maximum absolute atomic E-state index is 10.9. The molecule has 5 heteroatoms. The Hall–Kier alpha value is -1.91. The summed E-state index contributed by atoms with van der Waals surface area (Å²) in [5.74, 6) is 0.477. The minimum absolute atomic E-state index is 0.409. The second-order valence-electron chi connectivity index (χ2n) is 2.61. The van der Waals surface area contributed by atoms with Gasteiger partial charge in [0.25, 0.3) is 0 Å². The van der Waals surface area contributed by atoms with E-state index in [0.29, 0.717) is 19.0 Å². The Bertz CT molecular complexity index is 361. The summed E-state index contributed by atoms with van der Waals surface area (Å²) in [4.78, 5) is 22.7.